The number of methoxy groups -OCH3 is 1. The first kappa shape index (κ1) is 30.0. The quantitative estimate of drug-likeness (QED) is 0.304. The van der Waals surface area contributed by atoms with Crippen molar-refractivity contribution in [3.63, 3.8) is 0 Å². The van der Waals surface area contributed by atoms with Crippen LogP contribution in [0.15, 0.2) is 67.0 Å². The fourth-order valence-electron chi connectivity index (χ4n) is 6.51. The number of morpholine rings is 1. The number of hydrogen-bond acceptors (Lipinski definition) is 9. The zero-order valence-corrected chi connectivity index (χ0v) is 25.9. The molecule has 1 atom stereocenters. The van der Waals surface area contributed by atoms with Crippen LogP contribution in [0.2, 0.25) is 0 Å². The van der Waals surface area contributed by atoms with Gasteiger partial charge in [-0.15, -0.1) is 0 Å². The second-order valence-corrected chi connectivity index (χ2v) is 12.0. The second kappa shape index (κ2) is 13.0. The van der Waals surface area contributed by atoms with Gasteiger partial charge in [-0.1, -0.05) is 30.3 Å². The van der Waals surface area contributed by atoms with Gasteiger partial charge in [0.1, 0.15) is 0 Å². The minimum absolute atomic E-state index is 0.0558. The Morgan fingerprint density at radius 1 is 1.02 bits per heavy atom. The lowest BCUT2D eigenvalue weighted by molar-refractivity contribution is -0.138. The number of ether oxygens (including phenoxy) is 2. The molecule has 2 amide bonds. The minimum atomic E-state index is -1.04. The molecule has 3 aliphatic rings. The summed E-state index contributed by atoms with van der Waals surface area (Å²) in [5, 5.41) is 11.6. The summed E-state index contributed by atoms with van der Waals surface area (Å²) in [4.78, 5) is 41.6. The molecule has 0 aliphatic carbocycles. The van der Waals surface area contributed by atoms with Crippen LogP contribution < -0.4 is 10.2 Å². The molecule has 2 aromatic carbocycles. The van der Waals surface area contributed by atoms with E-state index in [1.54, 1.807) is 25.6 Å². The zero-order chi connectivity index (χ0) is 31.5. The molecule has 0 spiro atoms. The molecule has 12 heteroatoms. The number of carbonyl (C=O) groups is 2. The molecular formula is C34H38N8O4. The molecule has 2 aromatic heterocycles. The van der Waals surface area contributed by atoms with Crippen molar-refractivity contribution in [2.45, 2.75) is 18.4 Å². The van der Waals surface area contributed by atoms with Gasteiger partial charge >= 0.3 is 0 Å². The molecule has 1 unspecified atom stereocenters. The number of amides is 2. The van der Waals surface area contributed by atoms with E-state index in [-0.39, 0.29) is 18.4 Å². The van der Waals surface area contributed by atoms with E-state index in [2.05, 4.69) is 48.6 Å². The van der Waals surface area contributed by atoms with Gasteiger partial charge in [0.15, 0.2) is 17.2 Å². The standard InChI is InChI=1S/C34H38N8O4/c1-45-34(33(44)37-27-7-8-29-28(21-27)32(39-38-29)42-17-19-46-20-18-42)11-16-40(23-34)22-30(43)41-14-9-25(10-15-41)24-3-5-26(6-4-24)31-35-12-2-13-36-31/h2-9,12-13,21H,10-11,14-20,22-23H2,1H3,(H,37,44)(H,38,39). The first-order valence-corrected chi connectivity index (χ1v) is 15.8. The second-order valence-electron chi connectivity index (χ2n) is 12.0. The molecule has 2 saturated heterocycles. The highest BCUT2D eigenvalue weighted by Crippen LogP contribution is 2.31. The van der Waals surface area contributed by atoms with Crippen LogP contribution in [0.3, 0.4) is 0 Å². The van der Waals surface area contributed by atoms with E-state index in [1.807, 2.05) is 40.1 Å². The van der Waals surface area contributed by atoms with Gasteiger partial charge in [-0.25, -0.2) is 9.97 Å². The highest BCUT2D eigenvalue weighted by molar-refractivity contribution is 6.01. The van der Waals surface area contributed by atoms with E-state index in [0.29, 0.717) is 57.3 Å². The maximum absolute atomic E-state index is 13.6. The number of aromatic amines is 1. The molecule has 12 nitrogen and oxygen atoms in total. The summed E-state index contributed by atoms with van der Waals surface area (Å²) in [6, 6.07) is 15.8. The van der Waals surface area contributed by atoms with E-state index in [1.165, 1.54) is 5.57 Å². The number of H-pyrrole nitrogens is 1. The number of nitrogens with one attached hydrogen (secondary N) is 2. The summed E-state index contributed by atoms with van der Waals surface area (Å²) in [5.41, 5.74) is 3.89. The van der Waals surface area contributed by atoms with E-state index in [0.717, 1.165) is 47.4 Å². The average molecular weight is 623 g/mol. The van der Waals surface area contributed by atoms with Gasteiger partial charge in [0.2, 0.25) is 5.91 Å². The van der Waals surface area contributed by atoms with Crippen molar-refractivity contribution < 1.29 is 19.1 Å². The smallest absolute Gasteiger partial charge is 0.258 e. The molecule has 5 heterocycles. The Bertz CT molecular complexity index is 1740. The van der Waals surface area contributed by atoms with Crippen molar-refractivity contribution in [1.82, 2.24) is 30.0 Å². The van der Waals surface area contributed by atoms with Crippen LogP contribution in [0.5, 0.6) is 0 Å². The highest BCUT2D eigenvalue weighted by Gasteiger charge is 2.45. The van der Waals surface area contributed by atoms with Crippen molar-refractivity contribution in [2.24, 2.45) is 0 Å². The predicted octanol–water partition coefficient (Wildman–Crippen LogP) is 3.20. The maximum atomic E-state index is 13.6. The van der Waals surface area contributed by atoms with E-state index in [4.69, 9.17) is 9.47 Å². The lowest BCUT2D eigenvalue weighted by Gasteiger charge is -2.30. The third kappa shape index (κ3) is 6.11. The monoisotopic (exact) mass is 622 g/mol. The Morgan fingerprint density at radius 2 is 1.80 bits per heavy atom. The number of benzene rings is 2. The summed E-state index contributed by atoms with van der Waals surface area (Å²) in [6.45, 7) is 5.27. The molecule has 0 bridgehead atoms. The summed E-state index contributed by atoms with van der Waals surface area (Å²) >= 11 is 0. The fraction of sp³-hybridized carbons (Fsp3) is 0.382. The zero-order valence-electron chi connectivity index (χ0n) is 25.9. The topological polar surface area (TPSA) is 129 Å². The number of likely N-dealkylation sites (tertiary alicyclic amines) is 1. The predicted molar refractivity (Wildman–Crippen MR) is 175 cm³/mol. The molecule has 7 rings (SSSR count). The fourth-order valence-corrected chi connectivity index (χ4v) is 6.51. The van der Waals surface area contributed by atoms with Gasteiger partial charge in [0.25, 0.3) is 5.91 Å². The number of rotatable bonds is 8. The molecule has 46 heavy (non-hydrogen) atoms. The van der Waals surface area contributed by atoms with Gasteiger partial charge in [0, 0.05) is 75.4 Å². The van der Waals surface area contributed by atoms with E-state index >= 15 is 0 Å². The summed E-state index contributed by atoms with van der Waals surface area (Å²) in [5.74, 6) is 1.41. The normalized spacial score (nSPS) is 20.6. The van der Waals surface area contributed by atoms with Crippen LogP contribution in [0.1, 0.15) is 18.4 Å². The van der Waals surface area contributed by atoms with Crippen LogP contribution in [0.4, 0.5) is 11.5 Å². The highest BCUT2D eigenvalue weighted by atomic mass is 16.5. The molecule has 238 valence electrons. The van der Waals surface area contributed by atoms with Crippen molar-refractivity contribution in [3.8, 4) is 11.4 Å². The third-order valence-corrected chi connectivity index (χ3v) is 9.23. The lowest BCUT2D eigenvalue weighted by Crippen LogP contribution is -2.48. The van der Waals surface area contributed by atoms with Gasteiger partial charge < -0.3 is 24.6 Å². The van der Waals surface area contributed by atoms with Crippen molar-refractivity contribution >= 4 is 39.8 Å². The van der Waals surface area contributed by atoms with E-state index < -0.39 is 5.60 Å². The Morgan fingerprint density at radius 3 is 2.54 bits per heavy atom. The first-order chi connectivity index (χ1) is 22.5. The lowest BCUT2D eigenvalue weighted by atomic mass is 9.98. The molecule has 0 saturated carbocycles. The number of anilines is 2. The molecule has 3 aliphatic heterocycles. The maximum Gasteiger partial charge on any atom is 0.258 e. The first-order valence-electron chi connectivity index (χ1n) is 15.8. The minimum Gasteiger partial charge on any atom is -0.378 e. The summed E-state index contributed by atoms with van der Waals surface area (Å²) < 4.78 is 11.3. The Balaban J connectivity index is 0.947. The Kier molecular flexibility index (Phi) is 8.48. The SMILES string of the molecule is COC1(C(=O)Nc2ccc3[nH]nc(N4CCOCC4)c3c2)CCN(CC(=O)N2CC=C(c3ccc(-c4ncccn4)cc3)CC2)C1. The van der Waals surface area contributed by atoms with Crippen LogP contribution in [-0.2, 0) is 19.1 Å². The van der Waals surface area contributed by atoms with Crippen molar-refractivity contribution in [1.29, 1.82) is 0 Å². The number of hydrogen-bond donors (Lipinski definition) is 2. The number of carbonyl (C=O) groups excluding carboxylic acids is 2. The molecule has 4 aromatic rings. The summed E-state index contributed by atoms with van der Waals surface area (Å²) in [6.07, 6.45) is 6.90. The van der Waals surface area contributed by atoms with Crippen LogP contribution in [0.25, 0.3) is 27.9 Å². The van der Waals surface area contributed by atoms with Crippen LogP contribution in [0, 0.1) is 0 Å². The van der Waals surface area contributed by atoms with Crippen molar-refractivity contribution in [3.05, 3.63) is 72.6 Å². The van der Waals surface area contributed by atoms with Crippen LogP contribution in [-0.4, -0.2) is 114 Å². The van der Waals surface area contributed by atoms with Gasteiger partial charge in [-0.3, -0.25) is 19.6 Å². The number of nitrogens with zero attached hydrogens (tertiary/aromatic N) is 6. The molecular weight excluding hydrogens is 584 g/mol. The largest absolute Gasteiger partial charge is 0.378 e. The van der Waals surface area contributed by atoms with Gasteiger partial charge in [0.05, 0.1) is 25.3 Å². The van der Waals surface area contributed by atoms with Crippen LogP contribution >= 0.6 is 0 Å². The molecule has 2 N–H and O–H groups in total. The Labute approximate surface area is 267 Å². The van der Waals surface area contributed by atoms with Gasteiger partial charge in [-0.2, -0.15) is 5.10 Å². The van der Waals surface area contributed by atoms with Crippen molar-refractivity contribution in [2.75, 3.05) is 76.4 Å². The summed E-state index contributed by atoms with van der Waals surface area (Å²) in [7, 11) is 1.57. The van der Waals surface area contributed by atoms with Gasteiger partial charge in [-0.05, 0) is 48.2 Å². The van der Waals surface area contributed by atoms with E-state index in [9.17, 15) is 9.59 Å². The Hall–Kier alpha value is -4.65. The molecule has 0 radical (unpaired) electrons. The third-order valence-electron chi connectivity index (χ3n) is 9.23. The number of fused-ring (bicyclic) bond motifs is 1. The average Bonchev–Trinajstić information content (AvgIpc) is 3.74. The number of aromatic nitrogens is 4. The molecule has 2 fully saturated rings.